The molecule has 1 aromatic rings. The maximum atomic E-state index is 12.1. The molecule has 0 bridgehead atoms. The van der Waals surface area contributed by atoms with Crippen LogP contribution in [-0.4, -0.2) is 36.5 Å². The summed E-state index contributed by atoms with van der Waals surface area (Å²) in [7, 11) is 0. The molecule has 3 N–H and O–H groups in total. The third-order valence-corrected chi connectivity index (χ3v) is 5.71. The maximum Gasteiger partial charge on any atom is 0.220 e. The molecule has 1 aliphatic carbocycles. The fourth-order valence-electron chi connectivity index (χ4n) is 4.08. The van der Waals surface area contributed by atoms with E-state index in [2.05, 4.69) is 40.5 Å². The van der Waals surface area contributed by atoms with Crippen LogP contribution in [0.3, 0.4) is 0 Å². The monoisotopic (exact) mass is 329 g/mol. The Kier molecular flexibility index (Phi) is 6.27. The van der Waals surface area contributed by atoms with Gasteiger partial charge in [0.1, 0.15) is 0 Å². The summed E-state index contributed by atoms with van der Waals surface area (Å²) in [6.07, 6.45) is 6.35. The van der Waals surface area contributed by atoms with Gasteiger partial charge in [-0.25, -0.2) is 0 Å². The minimum absolute atomic E-state index is 0.198. The Balaban J connectivity index is 1.33. The molecule has 2 aliphatic rings. The van der Waals surface area contributed by atoms with Gasteiger partial charge in [-0.05, 0) is 56.2 Å². The van der Waals surface area contributed by atoms with E-state index in [1.807, 2.05) is 0 Å². The lowest BCUT2D eigenvalue weighted by Gasteiger charge is -2.32. The third kappa shape index (κ3) is 5.05. The Morgan fingerprint density at radius 3 is 2.54 bits per heavy atom. The van der Waals surface area contributed by atoms with E-state index in [0.29, 0.717) is 18.3 Å². The molecular formula is C20H31N3O. The van der Waals surface area contributed by atoms with E-state index in [9.17, 15) is 4.79 Å². The minimum atomic E-state index is 0.198. The minimum Gasteiger partial charge on any atom is -0.356 e. The van der Waals surface area contributed by atoms with Crippen LogP contribution in [0, 0.1) is 11.8 Å². The zero-order valence-electron chi connectivity index (χ0n) is 14.6. The molecule has 132 valence electrons. The maximum absolute atomic E-state index is 12.1. The lowest BCUT2D eigenvalue weighted by atomic mass is 9.95. The van der Waals surface area contributed by atoms with E-state index >= 15 is 0 Å². The van der Waals surface area contributed by atoms with Crippen molar-refractivity contribution in [3.63, 3.8) is 0 Å². The van der Waals surface area contributed by atoms with Crippen LogP contribution < -0.4 is 11.1 Å². The molecule has 1 amide bonds. The van der Waals surface area contributed by atoms with Crippen molar-refractivity contribution in [2.45, 2.75) is 51.1 Å². The normalized spacial score (nSPS) is 25.7. The predicted octanol–water partition coefficient (Wildman–Crippen LogP) is 2.53. The number of hydrogen-bond donors (Lipinski definition) is 2. The number of carbonyl (C=O) groups excluding carboxylic acids is 1. The summed E-state index contributed by atoms with van der Waals surface area (Å²) in [5, 5.41) is 3.15. The van der Waals surface area contributed by atoms with Gasteiger partial charge in [0.25, 0.3) is 0 Å². The highest BCUT2D eigenvalue weighted by Crippen LogP contribution is 2.26. The van der Waals surface area contributed by atoms with Crippen molar-refractivity contribution in [3.05, 3.63) is 35.9 Å². The van der Waals surface area contributed by atoms with Gasteiger partial charge in [0, 0.05) is 25.6 Å². The zero-order chi connectivity index (χ0) is 16.8. The standard InChI is InChI=1S/C20H31N3O/c21-19-8-4-7-18(19)13-20(24)22-14-16-9-11-23(12-10-16)15-17-5-2-1-3-6-17/h1-3,5-6,16,18-19H,4,7-15,21H2,(H,22,24)/t18-,19+/m0/s1. The number of piperidine rings is 1. The molecule has 1 heterocycles. The number of nitrogens with zero attached hydrogens (tertiary/aromatic N) is 1. The van der Waals surface area contributed by atoms with Crippen molar-refractivity contribution in [3.8, 4) is 0 Å². The number of nitrogens with two attached hydrogens (primary N) is 1. The van der Waals surface area contributed by atoms with Crippen molar-refractivity contribution in [2.75, 3.05) is 19.6 Å². The Morgan fingerprint density at radius 1 is 1.12 bits per heavy atom. The number of likely N-dealkylation sites (tertiary alicyclic amines) is 1. The number of amides is 1. The molecule has 24 heavy (non-hydrogen) atoms. The largest absolute Gasteiger partial charge is 0.356 e. The number of rotatable bonds is 6. The molecule has 1 saturated heterocycles. The highest BCUT2D eigenvalue weighted by Gasteiger charge is 2.26. The van der Waals surface area contributed by atoms with Crippen molar-refractivity contribution >= 4 is 5.91 Å². The highest BCUT2D eigenvalue weighted by molar-refractivity contribution is 5.76. The summed E-state index contributed by atoms with van der Waals surface area (Å²) in [6.45, 7) is 4.13. The second kappa shape index (κ2) is 8.63. The van der Waals surface area contributed by atoms with Gasteiger partial charge in [-0.3, -0.25) is 9.69 Å². The number of nitrogens with one attached hydrogen (secondary N) is 1. The topological polar surface area (TPSA) is 58.4 Å². The van der Waals surface area contributed by atoms with E-state index in [4.69, 9.17) is 5.73 Å². The summed E-state index contributed by atoms with van der Waals surface area (Å²) in [4.78, 5) is 14.6. The molecule has 0 aromatic heterocycles. The van der Waals surface area contributed by atoms with Crippen LogP contribution in [0.15, 0.2) is 30.3 Å². The van der Waals surface area contributed by atoms with Crippen LogP contribution in [0.4, 0.5) is 0 Å². The second-order valence-corrected chi connectivity index (χ2v) is 7.57. The Bertz CT molecular complexity index is 511. The Morgan fingerprint density at radius 2 is 1.88 bits per heavy atom. The SMILES string of the molecule is N[C@@H]1CCC[C@H]1CC(=O)NCC1CCN(Cc2ccccc2)CC1. The van der Waals surface area contributed by atoms with Crippen LogP contribution in [0.1, 0.15) is 44.1 Å². The molecule has 1 aromatic carbocycles. The van der Waals surface area contributed by atoms with Gasteiger partial charge in [-0.2, -0.15) is 0 Å². The summed E-state index contributed by atoms with van der Waals surface area (Å²) < 4.78 is 0. The molecule has 0 spiro atoms. The van der Waals surface area contributed by atoms with Crippen LogP contribution in [-0.2, 0) is 11.3 Å². The van der Waals surface area contributed by atoms with Crippen molar-refractivity contribution in [1.29, 1.82) is 0 Å². The molecule has 4 nitrogen and oxygen atoms in total. The smallest absolute Gasteiger partial charge is 0.220 e. The molecule has 0 radical (unpaired) electrons. The Labute approximate surface area is 145 Å². The third-order valence-electron chi connectivity index (χ3n) is 5.71. The molecule has 3 rings (SSSR count). The average Bonchev–Trinajstić information content (AvgIpc) is 3.00. The first kappa shape index (κ1) is 17.4. The highest BCUT2D eigenvalue weighted by atomic mass is 16.1. The molecule has 2 fully saturated rings. The van der Waals surface area contributed by atoms with Crippen LogP contribution >= 0.6 is 0 Å². The second-order valence-electron chi connectivity index (χ2n) is 7.57. The van der Waals surface area contributed by atoms with Crippen LogP contribution in [0.2, 0.25) is 0 Å². The average molecular weight is 329 g/mol. The lowest BCUT2D eigenvalue weighted by Crippen LogP contribution is -2.39. The first-order chi connectivity index (χ1) is 11.7. The molecule has 0 unspecified atom stereocenters. The first-order valence-electron chi connectivity index (χ1n) is 9.49. The molecule has 1 aliphatic heterocycles. The van der Waals surface area contributed by atoms with Gasteiger partial charge in [0.05, 0.1) is 0 Å². The molecular weight excluding hydrogens is 298 g/mol. The first-order valence-corrected chi connectivity index (χ1v) is 9.49. The summed E-state index contributed by atoms with van der Waals surface area (Å²) in [6, 6.07) is 10.9. The van der Waals surface area contributed by atoms with Crippen molar-refractivity contribution < 1.29 is 4.79 Å². The van der Waals surface area contributed by atoms with Gasteiger partial charge in [0.2, 0.25) is 5.91 Å². The summed E-state index contributed by atoms with van der Waals surface area (Å²) in [5.74, 6) is 1.22. The van der Waals surface area contributed by atoms with Gasteiger partial charge < -0.3 is 11.1 Å². The van der Waals surface area contributed by atoms with E-state index < -0.39 is 0 Å². The number of carbonyl (C=O) groups is 1. The summed E-state index contributed by atoms with van der Waals surface area (Å²) in [5.41, 5.74) is 7.45. The number of hydrogen-bond acceptors (Lipinski definition) is 3. The molecule has 2 atom stereocenters. The van der Waals surface area contributed by atoms with Gasteiger partial charge in [0.15, 0.2) is 0 Å². The van der Waals surface area contributed by atoms with Crippen LogP contribution in [0.5, 0.6) is 0 Å². The predicted molar refractivity (Wildman–Crippen MR) is 97.4 cm³/mol. The van der Waals surface area contributed by atoms with E-state index in [1.165, 1.54) is 24.8 Å². The van der Waals surface area contributed by atoms with Crippen molar-refractivity contribution in [2.24, 2.45) is 17.6 Å². The van der Waals surface area contributed by atoms with E-state index in [0.717, 1.165) is 39.0 Å². The van der Waals surface area contributed by atoms with Gasteiger partial charge in [-0.1, -0.05) is 36.8 Å². The quantitative estimate of drug-likeness (QED) is 0.843. The fourth-order valence-corrected chi connectivity index (χ4v) is 4.08. The molecule has 1 saturated carbocycles. The van der Waals surface area contributed by atoms with E-state index in [1.54, 1.807) is 0 Å². The Hall–Kier alpha value is -1.39. The van der Waals surface area contributed by atoms with Crippen LogP contribution in [0.25, 0.3) is 0 Å². The zero-order valence-corrected chi connectivity index (χ0v) is 14.6. The fraction of sp³-hybridized carbons (Fsp3) is 0.650. The number of benzene rings is 1. The van der Waals surface area contributed by atoms with Gasteiger partial charge >= 0.3 is 0 Å². The molecule has 4 heteroatoms. The summed E-state index contributed by atoms with van der Waals surface area (Å²) >= 11 is 0. The van der Waals surface area contributed by atoms with Crippen molar-refractivity contribution in [1.82, 2.24) is 10.2 Å². The van der Waals surface area contributed by atoms with Gasteiger partial charge in [-0.15, -0.1) is 0 Å². The lowest BCUT2D eigenvalue weighted by molar-refractivity contribution is -0.122. The van der Waals surface area contributed by atoms with E-state index in [-0.39, 0.29) is 11.9 Å².